The molecule has 0 unspecified atom stereocenters. The summed E-state index contributed by atoms with van der Waals surface area (Å²) in [6.45, 7) is 1.86. The van der Waals surface area contributed by atoms with Gasteiger partial charge in [0.05, 0.1) is 21.3 Å². The van der Waals surface area contributed by atoms with Gasteiger partial charge < -0.3 is 20.8 Å². The van der Waals surface area contributed by atoms with Gasteiger partial charge in [-0.05, 0) is 31.2 Å². The van der Waals surface area contributed by atoms with Gasteiger partial charge in [0.1, 0.15) is 23.5 Å². The monoisotopic (exact) mass is 452 g/mol. The van der Waals surface area contributed by atoms with Gasteiger partial charge in [0.15, 0.2) is 0 Å². The second-order valence-corrected chi connectivity index (χ2v) is 8.99. The minimum Gasteiger partial charge on any atom is -0.512 e. The molecule has 5 N–H and O–H groups in total. The number of anilines is 1. The lowest BCUT2D eigenvalue weighted by Crippen LogP contribution is -2.55. The average molecular weight is 453 g/mol. The summed E-state index contributed by atoms with van der Waals surface area (Å²) >= 11 is 13.5. The summed E-state index contributed by atoms with van der Waals surface area (Å²) in [6, 6.07) is 5.92. The minimum atomic E-state index is -1.12. The maximum absolute atomic E-state index is 11.1. The molecule has 10 heteroatoms. The second kappa shape index (κ2) is 7.92. The first-order chi connectivity index (χ1) is 13.6. The number of nitrogens with zero attached hydrogens (tertiary/aromatic N) is 2. The maximum Gasteiger partial charge on any atom is 0.321 e. The molecular formula is C19H18Cl2N4O3S. The number of aliphatic hydroxyl groups is 1. The van der Waals surface area contributed by atoms with E-state index in [2.05, 4.69) is 6.07 Å². The number of carboxylic acids is 1. The van der Waals surface area contributed by atoms with Gasteiger partial charge in [0.2, 0.25) is 0 Å². The van der Waals surface area contributed by atoms with Crippen LogP contribution in [-0.4, -0.2) is 44.6 Å². The van der Waals surface area contributed by atoms with Crippen molar-refractivity contribution >= 4 is 52.5 Å². The van der Waals surface area contributed by atoms with Crippen molar-refractivity contribution in [2.45, 2.75) is 30.2 Å². The molecular weight excluding hydrogens is 435 g/mol. The largest absolute Gasteiger partial charge is 0.512 e. The highest BCUT2D eigenvalue weighted by atomic mass is 35.5. The molecule has 0 aromatic heterocycles. The number of aliphatic hydroxyl groups excluding tert-OH is 1. The third-order valence-corrected chi connectivity index (χ3v) is 7.46. The molecule has 1 heterocycles. The van der Waals surface area contributed by atoms with Gasteiger partial charge >= 0.3 is 5.97 Å². The third kappa shape index (κ3) is 3.60. The van der Waals surface area contributed by atoms with Crippen LogP contribution in [0.4, 0.5) is 5.69 Å². The number of hydrogen-bond acceptors (Lipinski definition) is 6. The van der Waals surface area contributed by atoms with E-state index >= 15 is 0 Å². The van der Waals surface area contributed by atoms with Crippen molar-refractivity contribution < 1.29 is 15.0 Å². The molecule has 0 saturated carbocycles. The Labute approximate surface area is 181 Å². The van der Waals surface area contributed by atoms with E-state index < -0.39 is 17.6 Å². The maximum atomic E-state index is 11.1. The van der Waals surface area contributed by atoms with Gasteiger partial charge in [-0.2, -0.15) is 17.0 Å². The van der Waals surface area contributed by atoms with Crippen LogP contribution in [0.2, 0.25) is 10.0 Å². The number of hydrogen-bond donors (Lipinski definition) is 4. The summed E-state index contributed by atoms with van der Waals surface area (Å²) in [4.78, 5) is 12.8. The predicted molar refractivity (Wildman–Crippen MR) is 115 cm³/mol. The van der Waals surface area contributed by atoms with Gasteiger partial charge in [-0.15, -0.1) is 0 Å². The summed E-state index contributed by atoms with van der Waals surface area (Å²) in [5.74, 6) is -0.967. The molecule has 0 amide bonds. The minimum absolute atomic E-state index is 0.0255. The van der Waals surface area contributed by atoms with Gasteiger partial charge in [-0.3, -0.25) is 10.2 Å². The Balaban J connectivity index is 2.11. The molecule has 0 fully saturated rings. The van der Waals surface area contributed by atoms with E-state index in [1.807, 2.05) is 6.92 Å². The Morgan fingerprint density at radius 3 is 2.79 bits per heavy atom. The number of aliphatic carboxylic acids is 1. The van der Waals surface area contributed by atoms with Crippen LogP contribution in [0.15, 0.2) is 41.2 Å². The van der Waals surface area contributed by atoms with E-state index in [-0.39, 0.29) is 34.6 Å². The molecule has 152 valence electrons. The molecule has 0 radical (unpaired) electrons. The molecule has 7 nitrogen and oxygen atoms in total. The van der Waals surface area contributed by atoms with Crippen LogP contribution >= 0.6 is 35.0 Å². The molecule has 0 spiro atoms. The smallest absolute Gasteiger partial charge is 0.321 e. The van der Waals surface area contributed by atoms with Crippen LogP contribution < -0.4 is 10.6 Å². The molecule has 2 aliphatic rings. The SMILES string of the molecule is C[C@@]12C(=C(C#N)C(=N)N1c1ccc(Cl)c(Cl)c1)C=C(O)C[C@H]2SC[C@H](N)C(=O)O. The van der Waals surface area contributed by atoms with Crippen LogP contribution in [0.3, 0.4) is 0 Å². The zero-order valence-corrected chi connectivity index (χ0v) is 17.6. The van der Waals surface area contributed by atoms with Gasteiger partial charge in [-0.1, -0.05) is 23.2 Å². The Morgan fingerprint density at radius 2 is 2.21 bits per heavy atom. The van der Waals surface area contributed by atoms with Crippen molar-refractivity contribution in [3.05, 3.63) is 51.2 Å². The van der Waals surface area contributed by atoms with E-state index in [9.17, 15) is 15.2 Å². The number of rotatable bonds is 5. The first kappa shape index (κ1) is 21.5. The van der Waals surface area contributed by atoms with Gasteiger partial charge in [0, 0.05) is 28.7 Å². The normalized spacial score (nSPS) is 24.8. The first-order valence-electron chi connectivity index (χ1n) is 8.59. The lowest BCUT2D eigenvalue weighted by Gasteiger charge is -2.45. The Kier molecular flexibility index (Phi) is 5.88. The Morgan fingerprint density at radius 1 is 1.52 bits per heavy atom. The molecule has 1 aromatic carbocycles. The fraction of sp³-hybridized carbons (Fsp3) is 0.316. The number of nitrogens with two attached hydrogens (primary N) is 1. The summed E-state index contributed by atoms with van der Waals surface area (Å²) < 4.78 is 0. The number of benzene rings is 1. The highest BCUT2D eigenvalue weighted by molar-refractivity contribution is 8.00. The second-order valence-electron chi connectivity index (χ2n) is 6.94. The molecule has 3 rings (SSSR count). The standard InChI is InChI=1S/C19H18Cl2N4O3S/c1-19-12(5-10(26)6-16(19)29-8-15(23)18(27)28)11(7-22)17(24)25(19)9-2-3-13(20)14(21)4-9/h2-5,15-16,24,26H,6,8,23H2,1H3,(H,27,28)/t15-,16+,19-/m0/s1. The van der Waals surface area contributed by atoms with E-state index in [0.717, 1.165) is 0 Å². The van der Waals surface area contributed by atoms with Crippen LogP contribution in [0.5, 0.6) is 0 Å². The summed E-state index contributed by atoms with van der Waals surface area (Å²) in [5, 5.41) is 38.0. The highest BCUT2D eigenvalue weighted by Gasteiger charge is 2.53. The number of thioether (sulfide) groups is 1. The number of halogens is 2. The van der Waals surface area contributed by atoms with Crippen molar-refractivity contribution in [3.8, 4) is 6.07 Å². The molecule has 1 aliphatic carbocycles. The zero-order chi connectivity index (χ0) is 21.5. The van der Waals surface area contributed by atoms with Crippen molar-refractivity contribution in [2.24, 2.45) is 5.73 Å². The van der Waals surface area contributed by atoms with Crippen LogP contribution in [-0.2, 0) is 4.79 Å². The van der Waals surface area contributed by atoms with E-state index in [1.54, 1.807) is 23.1 Å². The fourth-order valence-electron chi connectivity index (χ4n) is 3.64. The summed E-state index contributed by atoms with van der Waals surface area (Å²) in [6.07, 6.45) is 1.75. The molecule has 29 heavy (non-hydrogen) atoms. The predicted octanol–water partition coefficient (Wildman–Crippen LogP) is 3.73. The lowest BCUT2D eigenvalue weighted by atomic mass is 9.81. The van der Waals surface area contributed by atoms with Crippen molar-refractivity contribution in [2.75, 3.05) is 10.7 Å². The highest BCUT2D eigenvalue weighted by Crippen LogP contribution is 2.50. The number of fused-ring (bicyclic) bond motifs is 1. The number of carboxylic acid groups (broad SMARTS) is 1. The van der Waals surface area contributed by atoms with E-state index in [0.29, 0.717) is 21.3 Å². The summed E-state index contributed by atoms with van der Waals surface area (Å²) in [5.41, 5.74) is 5.97. The summed E-state index contributed by atoms with van der Waals surface area (Å²) in [7, 11) is 0. The number of carbonyl (C=O) groups is 1. The van der Waals surface area contributed by atoms with Gasteiger partial charge in [-0.25, -0.2) is 0 Å². The van der Waals surface area contributed by atoms with Crippen LogP contribution in [0.25, 0.3) is 0 Å². The first-order valence-corrected chi connectivity index (χ1v) is 10.4. The molecule has 3 atom stereocenters. The third-order valence-electron chi connectivity index (χ3n) is 5.14. The fourth-order valence-corrected chi connectivity index (χ4v) is 5.36. The van der Waals surface area contributed by atoms with Gasteiger partial charge in [0.25, 0.3) is 0 Å². The Hall–Kier alpha value is -2.18. The van der Waals surface area contributed by atoms with E-state index in [4.69, 9.17) is 39.5 Å². The topological polar surface area (TPSA) is 134 Å². The quantitative estimate of drug-likeness (QED) is 0.534. The zero-order valence-electron chi connectivity index (χ0n) is 15.3. The molecule has 0 bridgehead atoms. The lowest BCUT2D eigenvalue weighted by molar-refractivity contribution is -0.137. The molecule has 1 aliphatic heterocycles. The molecule has 0 saturated heterocycles. The number of amidine groups is 1. The number of allylic oxidation sites excluding steroid dienone is 1. The van der Waals surface area contributed by atoms with Crippen LogP contribution in [0.1, 0.15) is 13.3 Å². The van der Waals surface area contributed by atoms with E-state index in [1.165, 1.54) is 17.8 Å². The van der Waals surface area contributed by atoms with Crippen molar-refractivity contribution in [1.82, 2.24) is 0 Å². The average Bonchev–Trinajstić information content (AvgIpc) is 2.88. The Bertz CT molecular complexity index is 1000. The van der Waals surface area contributed by atoms with Crippen LogP contribution in [0, 0.1) is 16.7 Å². The van der Waals surface area contributed by atoms with Crippen molar-refractivity contribution in [1.29, 1.82) is 10.7 Å². The molecule has 1 aromatic rings. The van der Waals surface area contributed by atoms with Crippen molar-refractivity contribution in [3.63, 3.8) is 0 Å². The number of nitriles is 1. The number of nitrogens with one attached hydrogen (secondary N) is 1.